The molecule has 2 aliphatic heterocycles. The second-order valence-electron chi connectivity index (χ2n) is 7.36. The summed E-state index contributed by atoms with van der Waals surface area (Å²) in [6.07, 6.45) is -5.82. The van der Waals surface area contributed by atoms with Gasteiger partial charge in [-0.25, -0.2) is 0 Å². The molecule has 32 heavy (non-hydrogen) atoms. The molecule has 2 aromatic carbocycles. The highest BCUT2D eigenvalue weighted by atomic mass is 32.2. The van der Waals surface area contributed by atoms with Crippen LogP contribution in [-0.2, 0) is 42.8 Å². The highest BCUT2D eigenvalue weighted by Gasteiger charge is 2.54. The number of carbonyl (C=O) groups is 1. The molecule has 0 radical (unpaired) electrons. The van der Waals surface area contributed by atoms with Crippen molar-refractivity contribution >= 4 is 16.1 Å². The highest BCUT2D eigenvalue weighted by molar-refractivity contribution is 7.86. The largest absolute Gasteiger partial charge is 0.457 e. The Morgan fingerprint density at radius 2 is 1.62 bits per heavy atom. The van der Waals surface area contributed by atoms with Gasteiger partial charge < -0.3 is 23.7 Å². The van der Waals surface area contributed by atoms with Gasteiger partial charge in [0.25, 0.3) is 10.1 Å². The van der Waals surface area contributed by atoms with Crippen molar-refractivity contribution in [2.45, 2.75) is 48.8 Å². The fourth-order valence-electron chi connectivity index (χ4n) is 3.73. The Hall–Kier alpha value is -2.34. The number of hydrogen-bond acceptors (Lipinski definition) is 9. The van der Waals surface area contributed by atoms with Crippen molar-refractivity contribution < 1.29 is 41.1 Å². The average Bonchev–Trinajstić information content (AvgIpc) is 2.81. The first kappa shape index (κ1) is 22.8. The van der Waals surface area contributed by atoms with Crippen LogP contribution in [0.1, 0.15) is 18.8 Å². The Bertz CT molecular complexity index is 1010. The summed E-state index contributed by atoms with van der Waals surface area (Å²) in [5.41, 5.74) is 0.760. The third-order valence-electron chi connectivity index (χ3n) is 5.16. The molecule has 0 N–H and O–H groups in total. The Balaban J connectivity index is 1.64. The van der Waals surface area contributed by atoms with Crippen LogP contribution in [0, 0.1) is 0 Å². The number of carbonyl (C=O) groups excluding carboxylic acids is 1. The second kappa shape index (κ2) is 9.65. The van der Waals surface area contributed by atoms with Crippen molar-refractivity contribution in [3.8, 4) is 0 Å². The lowest BCUT2D eigenvalue weighted by Gasteiger charge is -2.47. The third kappa shape index (κ3) is 4.85. The average molecular weight is 464 g/mol. The minimum atomic E-state index is -4.21. The highest BCUT2D eigenvalue weighted by Crippen LogP contribution is 2.37. The maximum absolute atomic E-state index is 12.9. The molecule has 6 atom stereocenters. The smallest absolute Gasteiger partial charge is 0.303 e. The summed E-state index contributed by atoms with van der Waals surface area (Å²) in [6, 6.07) is 16.9. The zero-order valence-corrected chi connectivity index (χ0v) is 18.3. The van der Waals surface area contributed by atoms with Crippen LogP contribution in [0.2, 0.25) is 0 Å². The molecule has 9 nitrogen and oxygen atoms in total. The Kier molecular flexibility index (Phi) is 6.89. The van der Waals surface area contributed by atoms with Crippen molar-refractivity contribution in [1.82, 2.24) is 0 Å². The van der Waals surface area contributed by atoms with Crippen molar-refractivity contribution in [2.24, 2.45) is 0 Å². The van der Waals surface area contributed by atoms with Crippen LogP contribution < -0.4 is 0 Å². The molecule has 0 saturated carbocycles. The van der Waals surface area contributed by atoms with Crippen LogP contribution in [0.4, 0.5) is 0 Å². The number of fused-ring (bicyclic) bond motifs is 1. The van der Waals surface area contributed by atoms with Crippen molar-refractivity contribution in [2.75, 3.05) is 13.7 Å². The predicted molar refractivity (Wildman–Crippen MR) is 110 cm³/mol. The van der Waals surface area contributed by atoms with Gasteiger partial charge in [-0.05, 0) is 12.1 Å². The van der Waals surface area contributed by atoms with E-state index in [4.69, 9.17) is 27.9 Å². The number of methoxy groups -OCH3 is 1. The van der Waals surface area contributed by atoms with E-state index < -0.39 is 53.1 Å². The molecule has 0 aliphatic carbocycles. The first-order chi connectivity index (χ1) is 15.4. The zero-order chi connectivity index (χ0) is 22.7. The van der Waals surface area contributed by atoms with Gasteiger partial charge in [-0.2, -0.15) is 8.42 Å². The van der Waals surface area contributed by atoms with Gasteiger partial charge in [-0.15, -0.1) is 0 Å². The van der Waals surface area contributed by atoms with E-state index in [-0.39, 0.29) is 11.5 Å². The molecule has 2 saturated heterocycles. The molecule has 2 aliphatic rings. The van der Waals surface area contributed by atoms with E-state index >= 15 is 0 Å². The molecular weight excluding hydrogens is 440 g/mol. The van der Waals surface area contributed by atoms with E-state index in [1.807, 2.05) is 30.3 Å². The van der Waals surface area contributed by atoms with Gasteiger partial charge in [0.05, 0.1) is 11.5 Å². The van der Waals surface area contributed by atoms with Gasteiger partial charge in [0, 0.05) is 19.6 Å². The summed E-state index contributed by atoms with van der Waals surface area (Å²) < 4.78 is 59.9. The van der Waals surface area contributed by atoms with E-state index in [1.54, 1.807) is 18.2 Å². The van der Waals surface area contributed by atoms with Crippen LogP contribution in [-0.4, -0.2) is 58.8 Å². The summed E-state index contributed by atoms with van der Waals surface area (Å²) in [5.74, 6) is -0.623. The summed E-state index contributed by atoms with van der Waals surface area (Å²) in [5, 5.41) is 0. The molecule has 4 rings (SSSR count). The van der Waals surface area contributed by atoms with Crippen LogP contribution in [0.5, 0.6) is 0 Å². The molecular formula is C22H24O9S. The van der Waals surface area contributed by atoms with Crippen LogP contribution in [0.3, 0.4) is 0 Å². The fourth-order valence-corrected chi connectivity index (χ4v) is 4.83. The molecule has 2 fully saturated rings. The predicted octanol–water partition coefficient (Wildman–Crippen LogP) is 2.18. The van der Waals surface area contributed by atoms with Gasteiger partial charge in [0.15, 0.2) is 24.8 Å². The number of ether oxygens (including phenoxy) is 5. The van der Waals surface area contributed by atoms with Gasteiger partial charge in [-0.3, -0.25) is 8.98 Å². The Morgan fingerprint density at radius 1 is 0.969 bits per heavy atom. The number of esters is 1. The Labute approximate surface area is 186 Å². The quantitative estimate of drug-likeness (QED) is 0.470. The summed E-state index contributed by atoms with van der Waals surface area (Å²) in [6.45, 7) is 1.35. The number of rotatable bonds is 6. The van der Waals surface area contributed by atoms with E-state index in [9.17, 15) is 13.2 Å². The molecule has 10 heteroatoms. The van der Waals surface area contributed by atoms with Crippen molar-refractivity contribution in [3.63, 3.8) is 0 Å². The number of hydrogen-bond donors (Lipinski definition) is 0. The topological polar surface area (TPSA) is 107 Å². The molecule has 0 aromatic heterocycles. The maximum atomic E-state index is 12.9. The lowest BCUT2D eigenvalue weighted by Crippen LogP contribution is -2.64. The third-order valence-corrected chi connectivity index (χ3v) is 6.48. The lowest BCUT2D eigenvalue weighted by molar-refractivity contribution is -0.355. The molecule has 2 aromatic rings. The Morgan fingerprint density at radius 3 is 2.25 bits per heavy atom. The first-order valence-electron chi connectivity index (χ1n) is 10.0. The van der Waals surface area contributed by atoms with Crippen LogP contribution >= 0.6 is 0 Å². The van der Waals surface area contributed by atoms with E-state index in [0.29, 0.717) is 0 Å². The van der Waals surface area contributed by atoms with E-state index in [2.05, 4.69) is 0 Å². The molecule has 172 valence electrons. The van der Waals surface area contributed by atoms with Gasteiger partial charge in [0.1, 0.15) is 12.2 Å². The monoisotopic (exact) mass is 464 g/mol. The van der Waals surface area contributed by atoms with Gasteiger partial charge >= 0.3 is 5.97 Å². The summed E-state index contributed by atoms with van der Waals surface area (Å²) in [7, 11) is -2.87. The normalized spacial score (nSPS) is 30.3. The SMILES string of the molecule is COC1OC2COC(c3ccccc3)O[C@H]2[C@@H](OC(C)=O)[C@H]1OS(=O)(=O)c1ccccc1. The van der Waals surface area contributed by atoms with Crippen molar-refractivity contribution in [3.05, 3.63) is 66.2 Å². The minimum absolute atomic E-state index is 0.0476. The van der Waals surface area contributed by atoms with Gasteiger partial charge in [0.2, 0.25) is 0 Å². The fraction of sp³-hybridized carbons (Fsp3) is 0.409. The zero-order valence-electron chi connectivity index (χ0n) is 17.5. The van der Waals surface area contributed by atoms with E-state index in [1.165, 1.54) is 26.2 Å². The molecule has 2 heterocycles. The van der Waals surface area contributed by atoms with Crippen LogP contribution in [0.15, 0.2) is 65.6 Å². The standard InChI is InChI=1S/C22H24O9S/c1-14(23)28-19-18-17(13-27-21(30-18)15-9-5-3-6-10-15)29-22(26-2)20(19)31-32(24,25)16-11-7-4-8-12-16/h3-12,17-22H,13H2,1-2H3/t17?,18-,19-,20-,21?,22?/m1/s1. The summed E-state index contributed by atoms with van der Waals surface area (Å²) >= 11 is 0. The molecule has 3 unspecified atom stereocenters. The number of benzene rings is 2. The second-order valence-corrected chi connectivity index (χ2v) is 8.93. The first-order valence-corrected chi connectivity index (χ1v) is 11.5. The summed E-state index contributed by atoms with van der Waals surface area (Å²) in [4.78, 5) is 11.9. The minimum Gasteiger partial charge on any atom is -0.457 e. The maximum Gasteiger partial charge on any atom is 0.303 e. The molecule has 0 spiro atoms. The molecule has 0 amide bonds. The lowest BCUT2D eigenvalue weighted by atomic mass is 9.97. The van der Waals surface area contributed by atoms with E-state index in [0.717, 1.165) is 5.56 Å². The molecule has 0 bridgehead atoms. The van der Waals surface area contributed by atoms with Gasteiger partial charge in [-0.1, -0.05) is 48.5 Å². The van der Waals surface area contributed by atoms with Crippen LogP contribution in [0.25, 0.3) is 0 Å². The van der Waals surface area contributed by atoms with Crippen molar-refractivity contribution in [1.29, 1.82) is 0 Å².